The lowest BCUT2D eigenvalue weighted by Gasteiger charge is -2.28. The maximum absolute atomic E-state index is 13.3. The molecule has 1 heterocycles. The van der Waals surface area contributed by atoms with Gasteiger partial charge in [-0.3, -0.25) is 9.52 Å². The number of furan rings is 1. The van der Waals surface area contributed by atoms with Gasteiger partial charge in [-0.1, -0.05) is 29.3 Å². The number of rotatable bonds is 7. The van der Waals surface area contributed by atoms with Crippen LogP contribution in [0.3, 0.4) is 0 Å². The van der Waals surface area contributed by atoms with Crippen molar-refractivity contribution in [3.05, 3.63) is 82.2 Å². The minimum Gasteiger partial charge on any atom is -0.467 e. The summed E-state index contributed by atoms with van der Waals surface area (Å²) in [5.41, 5.74) is 0.631. The number of carbonyl (C=O) groups is 1. The van der Waals surface area contributed by atoms with E-state index in [4.69, 9.17) is 27.6 Å². The van der Waals surface area contributed by atoms with Gasteiger partial charge in [-0.15, -0.1) is 0 Å². The van der Waals surface area contributed by atoms with Crippen LogP contribution in [0.2, 0.25) is 10.0 Å². The molecular formula is C22H20Cl2N2O4S. The molecule has 0 aliphatic heterocycles. The Morgan fingerprint density at radius 2 is 1.90 bits per heavy atom. The second-order valence-corrected chi connectivity index (χ2v) is 9.89. The van der Waals surface area contributed by atoms with Gasteiger partial charge >= 0.3 is 0 Å². The fourth-order valence-corrected chi connectivity index (χ4v) is 5.25. The van der Waals surface area contributed by atoms with Gasteiger partial charge in [0.1, 0.15) is 10.7 Å². The topological polar surface area (TPSA) is 79.6 Å². The van der Waals surface area contributed by atoms with Crippen LogP contribution in [0.5, 0.6) is 0 Å². The zero-order valence-corrected chi connectivity index (χ0v) is 18.9. The predicted octanol–water partition coefficient (Wildman–Crippen LogP) is 5.75. The largest absolute Gasteiger partial charge is 0.467 e. The predicted molar refractivity (Wildman–Crippen MR) is 120 cm³/mol. The molecule has 1 N–H and O–H groups in total. The van der Waals surface area contributed by atoms with Gasteiger partial charge in [-0.2, -0.15) is 0 Å². The monoisotopic (exact) mass is 478 g/mol. The van der Waals surface area contributed by atoms with Gasteiger partial charge in [0.15, 0.2) is 0 Å². The average Bonchev–Trinajstić information content (AvgIpc) is 3.40. The second-order valence-electron chi connectivity index (χ2n) is 7.40. The zero-order valence-electron chi connectivity index (χ0n) is 16.6. The van der Waals surface area contributed by atoms with E-state index in [-0.39, 0.29) is 38.6 Å². The highest BCUT2D eigenvalue weighted by Crippen LogP contribution is 2.36. The normalized spacial score (nSPS) is 14.8. The van der Waals surface area contributed by atoms with Crippen molar-refractivity contribution in [2.45, 2.75) is 36.7 Å². The van der Waals surface area contributed by atoms with Crippen LogP contribution in [0.15, 0.2) is 70.2 Å². The smallest absolute Gasteiger partial charge is 0.263 e. The Bertz CT molecular complexity index is 1210. The first-order chi connectivity index (χ1) is 14.8. The lowest BCUT2D eigenvalue weighted by atomic mass is 10.1. The summed E-state index contributed by atoms with van der Waals surface area (Å²) in [7, 11) is -3.99. The third-order valence-corrected chi connectivity index (χ3v) is 7.19. The Hall–Kier alpha value is -2.48. The lowest BCUT2D eigenvalue weighted by Crippen LogP contribution is -2.35. The van der Waals surface area contributed by atoms with E-state index in [1.165, 1.54) is 24.3 Å². The Morgan fingerprint density at radius 1 is 1.13 bits per heavy atom. The number of amides is 1. The fraction of sp³-hybridized carbons (Fsp3) is 0.227. The maximum atomic E-state index is 13.3. The summed E-state index contributed by atoms with van der Waals surface area (Å²) in [5, 5.41) is 0.303. The summed E-state index contributed by atoms with van der Waals surface area (Å²) in [6, 6.07) is 14.1. The average molecular weight is 479 g/mol. The van der Waals surface area contributed by atoms with Crippen LogP contribution in [0.25, 0.3) is 0 Å². The number of hydrogen-bond donors (Lipinski definition) is 1. The highest BCUT2D eigenvalue weighted by Gasteiger charge is 2.37. The zero-order chi connectivity index (χ0) is 22.2. The summed E-state index contributed by atoms with van der Waals surface area (Å²) in [6.07, 6.45) is 3.44. The second kappa shape index (κ2) is 8.57. The van der Waals surface area contributed by atoms with Crippen LogP contribution in [0, 0.1) is 0 Å². The number of sulfonamides is 1. The van der Waals surface area contributed by atoms with Crippen LogP contribution in [-0.2, 0) is 10.0 Å². The Labute approximate surface area is 190 Å². The van der Waals surface area contributed by atoms with E-state index in [1.807, 2.05) is 13.0 Å². The molecule has 1 aliphatic carbocycles. The molecule has 3 aromatic rings. The molecule has 0 radical (unpaired) electrons. The number of anilines is 1. The molecule has 9 heteroatoms. The SMILES string of the molecule is CC(c1ccco1)N(C(=O)c1cccc(NS(=O)(=O)c2cc(Cl)ccc2Cl)c1)C1CC1. The Kier molecular flexibility index (Phi) is 6.01. The van der Waals surface area contributed by atoms with Crippen molar-refractivity contribution in [1.82, 2.24) is 4.90 Å². The molecule has 1 aliphatic rings. The molecule has 1 atom stereocenters. The van der Waals surface area contributed by atoms with Gasteiger partial charge < -0.3 is 9.32 Å². The minimum absolute atomic E-state index is 0.0521. The molecular weight excluding hydrogens is 459 g/mol. The highest BCUT2D eigenvalue weighted by molar-refractivity contribution is 7.92. The molecule has 0 spiro atoms. The molecule has 0 bridgehead atoms. The fourth-order valence-electron chi connectivity index (χ4n) is 3.43. The molecule has 2 aromatic carbocycles. The molecule has 31 heavy (non-hydrogen) atoms. The number of hydrogen-bond acceptors (Lipinski definition) is 4. The van der Waals surface area contributed by atoms with Crippen molar-refractivity contribution in [1.29, 1.82) is 0 Å². The van der Waals surface area contributed by atoms with Crippen molar-refractivity contribution < 1.29 is 17.6 Å². The van der Waals surface area contributed by atoms with Gasteiger partial charge in [0.2, 0.25) is 0 Å². The first-order valence-electron chi connectivity index (χ1n) is 9.70. The number of halogens is 2. The van der Waals surface area contributed by atoms with Gasteiger partial charge in [0, 0.05) is 22.3 Å². The molecule has 1 unspecified atom stereocenters. The summed E-state index contributed by atoms with van der Waals surface area (Å²) in [4.78, 5) is 15.0. The lowest BCUT2D eigenvalue weighted by molar-refractivity contribution is 0.0652. The van der Waals surface area contributed by atoms with Crippen molar-refractivity contribution in [3.8, 4) is 0 Å². The van der Waals surface area contributed by atoms with Crippen LogP contribution < -0.4 is 4.72 Å². The van der Waals surface area contributed by atoms with Gasteiger partial charge in [0.05, 0.1) is 17.3 Å². The molecule has 1 aromatic heterocycles. The van der Waals surface area contributed by atoms with Crippen molar-refractivity contribution >= 4 is 44.8 Å². The Morgan fingerprint density at radius 3 is 2.58 bits per heavy atom. The van der Waals surface area contributed by atoms with Gasteiger partial charge in [0.25, 0.3) is 15.9 Å². The molecule has 0 saturated heterocycles. The summed E-state index contributed by atoms with van der Waals surface area (Å²) < 4.78 is 33.6. The van der Waals surface area contributed by atoms with E-state index < -0.39 is 10.0 Å². The van der Waals surface area contributed by atoms with Crippen LogP contribution in [0.1, 0.15) is 41.9 Å². The molecule has 6 nitrogen and oxygen atoms in total. The van der Waals surface area contributed by atoms with E-state index in [0.29, 0.717) is 11.3 Å². The summed E-state index contributed by atoms with van der Waals surface area (Å²) in [6.45, 7) is 1.92. The molecule has 1 amide bonds. The maximum Gasteiger partial charge on any atom is 0.263 e. The quantitative estimate of drug-likeness (QED) is 0.468. The van der Waals surface area contributed by atoms with Crippen LogP contribution in [0.4, 0.5) is 5.69 Å². The minimum atomic E-state index is -3.99. The number of nitrogens with zero attached hydrogens (tertiary/aromatic N) is 1. The van der Waals surface area contributed by atoms with Crippen molar-refractivity contribution in [2.24, 2.45) is 0 Å². The third-order valence-electron chi connectivity index (χ3n) is 5.09. The molecule has 1 fully saturated rings. The molecule has 1 saturated carbocycles. The van der Waals surface area contributed by atoms with E-state index in [9.17, 15) is 13.2 Å². The Balaban J connectivity index is 1.60. The number of carbonyl (C=O) groups excluding carboxylic acids is 1. The highest BCUT2D eigenvalue weighted by atomic mass is 35.5. The molecule has 162 valence electrons. The summed E-state index contributed by atoms with van der Waals surface area (Å²) >= 11 is 12.0. The van der Waals surface area contributed by atoms with Gasteiger partial charge in [-0.25, -0.2) is 8.42 Å². The van der Waals surface area contributed by atoms with E-state index >= 15 is 0 Å². The van der Waals surface area contributed by atoms with Gasteiger partial charge in [-0.05, 0) is 68.3 Å². The number of benzene rings is 2. The van der Waals surface area contributed by atoms with E-state index in [1.54, 1.807) is 35.4 Å². The summed E-state index contributed by atoms with van der Waals surface area (Å²) in [5.74, 6) is 0.515. The van der Waals surface area contributed by atoms with Crippen LogP contribution >= 0.6 is 23.2 Å². The first-order valence-corrected chi connectivity index (χ1v) is 11.9. The first kappa shape index (κ1) is 21.7. The van der Waals surface area contributed by atoms with Crippen molar-refractivity contribution in [2.75, 3.05) is 4.72 Å². The van der Waals surface area contributed by atoms with Crippen LogP contribution in [-0.4, -0.2) is 25.3 Å². The third kappa shape index (κ3) is 4.74. The van der Waals surface area contributed by atoms with E-state index in [2.05, 4.69) is 4.72 Å². The molecule has 4 rings (SSSR count). The number of nitrogens with one attached hydrogen (secondary N) is 1. The van der Waals surface area contributed by atoms with E-state index in [0.717, 1.165) is 12.8 Å². The van der Waals surface area contributed by atoms with Crippen molar-refractivity contribution in [3.63, 3.8) is 0 Å². The standard InChI is InChI=1S/C22H20Cl2N2O4S/c1-14(20-6-3-11-30-20)26(18-8-9-18)22(27)15-4-2-5-17(12-15)25-31(28,29)21-13-16(23)7-10-19(21)24/h2-7,10-14,18,25H,8-9H2,1H3.